The molecule has 2 aromatic heterocycles. The van der Waals surface area contributed by atoms with E-state index in [-0.39, 0.29) is 11.7 Å². The maximum atomic E-state index is 6.09. The van der Waals surface area contributed by atoms with E-state index in [0.29, 0.717) is 5.88 Å². The summed E-state index contributed by atoms with van der Waals surface area (Å²) in [6.45, 7) is 5.48. The lowest BCUT2D eigenvalue weighted by molar-refractivity contribution is -0.188. The highest BCUT2D eigenvalue weighted by atomic mass is 16.5. The van der Waals surface area contributed by atoms with Crippen molar-refractivity contribution in [3.05, 3.63) is 48.2 Å². The van der Waals surface area contributed by atoms with E-state index in [9.17, 15) is 0 Å². The standard InChI is InChI=1S/C18H22N4O2/c1-14-8-20-10-17(21-14)24-16-4-6-23-18(7-16)12-22(13-18)11-15-3-2-5-19-9-15/h2-3,5,8-10,16H,4,6-7,11-13H2,1H3. The largest absolute Gasteiger partial charge is 0.473 e. The van der Waals surface area contributed by atoms with Crippen molar-refractivity contribution in [2.45, 2.75) is 38.0 Å². The molecule has 6 nitrogen and oxygen atoms in total. The van der Waals surface area contributed by atoms with Crippen molar-refractivity contribution in [2.24, 2.45) is 0 Å². The SMILES string of the molecule is Cc1cncc(OC2CCOC3(C2)CN(Cc2cccnc2)C3)n1. The molecule has 0 radical (unpaired) electrons. The van der Waals surface area contributed by atoms with Crippen molar-refractivity contribution >= 4 is 0 Å². The van der Waals surface area contributed by atoms with Crippen molar-refractivity contribution < 1.29 is 9.47 Å². The first-order chi connectivity index (χ1) is 11.7. The Morgan fingerprint density at radius 3 is 3.00 bits per heavy atom. The number of hydrogen-bond donors (Lipinski definition) is 0. The fourth-order valence-electron chi connectivity index (χ4n) is 3.60. The molecule has 1 unspecified atom stereocenters. The Morgan fingerprint density at radius 2 is 2.21 bits per heavy atom. The van der Waals surface area contributed by atoms with Crippen LogP contribution in [-0.4, -0.2) is 51.3 Å². The molecule has 0 bridgehead atoms. The summed E-state index contributed by atoms with van der Waals surface area (Å²) >= 11 is 0. The van der Waals surface area contributed by atoms with Gasteiger partial charge in [-0.3, -0.25) is 14.9 Å². The van der Waals surface area contributed by atoms with Crippen LogP contribution in [0.2, 0.25) is 0 Å². The Labute approximate surface area is 141 Å². The quantitative estimate of drug-likeness (QED) is 0.856. The van der Waals surface area contributed by atoms with E-state index >= 15 is 0 Å². The van der Waals surface area contributed by atoms with Gasteiger partial charge in [0.1, 0.15) is 6.10 Å². The van der Waals surface area contributed by atoms with Crippen LogP contribution in [0.25, 0.3) is 0 Å². The van der Waals surface area contributed by atoms with E-state index < -0.39 is 0 Å². The van der Waals surface area contributed by atoms with E-state index in [4.69, 9.17) is 9.47 Å². The third-order valence-electron chi connectivity index (χ3n) is 4.62. The second-order valence-corrected chi connectivity index (χ2v) is 6.77. The summed E-state index contributed by atoms with van der Waals surface area (Å²) in [7, 11) is 0. The summed E-state index contributed by atoms with van der Waals surface area (Å²) in [6.07, 6.45) is 9.11. The molecule has 2 aliphatic heterocycles. The van der Waals surface area contributed by atoms with Gasteiger partial charge in [0.25, 0.3) is 0 Å². The first-order valence-corrected chi connectivity index (χ1v) is 8.41. The van der Waals surface area contributed by atoms with Crippen LogP contribution < -0.4 is 4.74 Å². The van der Waals surface area contributed by atoms with E-state index in [1.165, 1.54) is 5.56 Å². The van der Waals surface area contributed by atoms with E-state index in [0.717, 1.165) is 44.8 Å². The minimum atomic E-state index is -0.0671. The fourth-order valence-corrected chi connectivity index (χ4v) is 3.60. The van der Waals surface area contributed by atoms with Gasteiger partial charge in [0.15, 0.2) is 0 Å². The topological polar surface area (TPSA) is 60.4 Å². The monoisotopic (exact) mass is 326 g/mol. The van der Waals surface area contributed by atoms with E-state index in [2.05, 4.69) is 25.9 Å². The second-order valence-electron chi connectivity index (χ2n) is 6.77. The molecule has 2 aromatic rings. The molecule has 0 amide bonds. The van der Waals surface area contributed by atoms with Crippen molar-refractivity contribution in [1.82, 2.24) is 19.9 Å². The molecule has 126 valence electrons. The zero-order valence-corrected chi connectivity index (χ0v) is 13.9. The first kappa shape index (κ1) is 15.5. The highest BCUT2D eigenvalue weighted by molar-refractivity contribution is 5.12. The van der Waals surface area contributed by atoms with Gasteiger partial charge in [-0.2, -0.15) is 0 Å². The number of nitrogens with zero attached hydrogens (tertiary/aromatic N) is 4. The molecule has 2 saturated heterocycles. The van der Waals surface area contributed by atoms with Crippen LogP contribution in [0.5, 0.6) is 5.88 Å². The molecule has 4 rings (SSSR count). The van der Waals surface area contributed by atoms with Gasteiger partial charge in [0.2, 0.25) is 5.88 Å². The summed E-state index contributed by atoms with van der Waals surface area (Å²) in [4.78, 5) is 15.1. The van der Waals surface area contributed by atoms with Gasteiger partial charge >= 0.3 is 0 Å². The molecular formula is C18H22N4O2. The van der Waals surface area contributed by atoms with Gasteiger partial charge in [-0.15, -0.1) is 0 Å². The van der Waals surface area contributed by atoms with Gasteiger partial charge in [-0.1, -0.05) is 6.07 Å². The van der Waals surface area contributed by atoms with Crippen molar-refractivity contribution in [3.8, 4) is 5.88 Å². The Balaban J connectivity index is 1.33. The molecule has 0 aliphatic carbocycles. The third kappa shape index (κ3) is 3.39. The predicted octanol–water partition coefficient (Wildman–Crippen LogP) is 1.99. The maximum absolute atomic E-state index is 6.09. The average molecular weight is 326 g/mol. The van der Waals surface area contributed by atoms with Crippen LogP contribution >= 0.6 is 0 Å². The third-order valence-corrected chi connectivity index (χ3v) is 4.62. The molecule has 0 N–H and O–H groups in total. The van der Waals surface area contributed by atoms with Gasteiger partial charge in [-0.05, 0) is 18.6 Å². The van der Waals surface area contributed by atoms with Crippen LogP contribution in [0.3, 0.4) is 0 Å². The van der Waals surface area contributed by atoms with Gasteiger partial charge in [-0.25, -0.2) is 4.98 Å². The average Bonchev–Trinajstić information content (AvgIpc) is 2.55. The van der Waals surface area contributed by atoms with Crippen molar-refractivity contribution in [3.63, 3.8) is 0 Å². The summed E-state index contributed by atoms with van der Waals surface area (Å²) < 4.78 is 12.1. The summed E-state index contributed by atoms with van der Waals surface area (Å²) in [5.74, 6) is 0.614. The lowest BCUT2D eigenvalue weighted by atomic mass is 9.84. The Hall–Kier alpha value is -2.05. The smallest absolute Gasteiger partial charge is 0.232 e. The molecule has 1 atom stereocenters. The lowest BCUT2D eigenvalue weighted by Gasteiger charge is -2.53. The van der Waals surface area contributed by atoms with Crippen LogP contribution in [-0.2, 0) is 11.3 Å². The number of ether oxygens (including phenoxy) is 2. The van der Waals surface area contributed by atoms with Crippen LogP contribution in [0.1, 0.15) is 24.1 Å². The zero-order valence-electron chi connectivity index (χ0n) is 13.9. The minimum Gasteiger partial charge on any atom is -0.473 e. The first-order valence-electron chi connectivity index (χ1n) is 8.41. The fraction of sp³-hybridized carbons (Fsp3) is 0.500. The van der Waals surface area contributed by atoms with Crippen molar-refractivity contribution in [1.29, 1.82) is 0 Å². The lowest BCUT2D eigenvalue weighted by Crippen LogP contribution is -2.65. The summed E-state index contributed by atoms with van der Waals surface area (Å²) in [5, 5.41) is 0. The minimum absolute atomic E-state index is 0.0671. The number of hydrogen-bond acceptors (Lipinski definition) is 6. The summed E-state index contributed by atoms with van der Waals surface area (Å²) in [5.41, 5.74) is 2.05. The van der Waals surface area contributed by atoms with Crippen LogP contribution in [0, 0.1) is 6.92 Å². The number of aryl methyl sites for hydroxylation is 1. The molecule has 6 heteroatoms. The van der Waals surface area contributed by atoms with Crippen LogP contribution in [0.15, 0.2) is 36.9 Å². The predicted molar refractivity (Wildman–Crippen MR) is 88.6 cm³/mol. The zero-order chi connectivity index (χ0) is 16.4. The Kier molecular flexibility index (Phi) is 4.16. The molecule has 2 aliphatic rings. The highest BCUT2D eigenvalue weighted by Crippen LogP contribution is 2.36. The molecule has 24 heavy (non-hydrogen) atoms. The second kappa shape index (κ2) is 6.45. The maximum Gasteiger partial charge on any atom is 0.232 e. The molecule has 0 saturated carbocycles. The molecule has 2 fully saturated rings. The molecular weight excluding hydrogens is 304 g/mol. The molecule has 1 spiro atoms. The van der Waals surface area contributed by atoms with Gasteiger partial charge in [0, 0.05) is 51.1 Å². The number of aromatic nitrogens is 3. The summed E-state index contributed by atoms with van der Waals surface area (Å²) in [6, 6.07) is 4.09. The van der Waals surface area contributed by atoms with Crippen molar-refractivity contribution in [2.75, 3.05) is 19.7 Å². The number of rotatable bonds is 4. The molecule has 0 aromatic carbocycles. The number of likely N-dealkylation sites (tertiary alicyclic amines) is 1. The highest BCUT2D eigenvalue weighted by Gasteiger charge is 2.48. The van der Waals surface area contributed by atoms with E-state index in [1.807, 2.05) is 25.4 Å². The Morgan fingerprint density at radius 1 is 1.29 bits per heavy atom. The normalized spacial score (nSPS) is 23.0. The van der Waals surface area contributed by atoms with Gasteiger partial charge < -0.3 is 9.47 Å². The van der Waals surface area contributed by atoms with Crippen LogP contribution in [0.4, 0.5) is 0 Å². The molecule has 4 heterocycles. The number of pyridine rings is 1. The van der Waals surface area contributed by atoms with E-state index in [1.54, 1.807) is 12.4 Å². The Bertz CT molecular complexity index is 688. The van der Waals surface area contributed by atoms with Gasteiger partial charge in [0.05, 0.1) is 24.1 Å².